The zero-order chi connectivity index (χ0) is 19.5. The Labute approximate surface area is 164 Å². The van der Waals surface area contributed by atoms with Crippen LogP contribution < -0.4 is 9.47 Å². The van der Waals surface area contributed by atoms with E-state index in [-0.39, 0.29) is 11.9 Å². The molecule has 0 radical (unpaired) electrons. The number of carbonyl (C=O) groups is 1. The van der Waals surface area contributed by atoms with Gasteiger partial charge in [0.05, 0.1) is 26.0 Å². The van der Waals surface area contributed by atoms with Gasteiger partial charge in [0.15, 0.2) is 11.5 Å². The minimum Gasteiger partial charge on any atom is -0.493 e. The predicted molar refractivity (Wildman–Crippen MR) is 107 cm³/mol. The number of rotatable bonds is 5. The first-order valence-corrected chi connectivity index (χ1v) is 9.35. The number of carbonyl (C=O) groups excluding carboxylic acids is 1. The number of likely N-dealkylation sites (tertiary alicyclic amines) is 1. The first-order valence-electron chi connectivity index (χ1n) is 9.35. The molecule has 0 bridgehead atoms. The maximum Gasteiger partial charge on any atom is 0.272 e. The molecule has 1 saturated heterocycles. The fraction of sp³-hybridized carbons (Fsp3) is 0.273. The molecular formula is C22H23N3O3. The zero-order valence-electron chi connectivity index (χ0n) is 16.0. The molecule has 6 heteroatoms. The average molecular weight is 377 g/mol. The topological polar surface area (TPSA) is 67.5 Å². The van der Waals surface area contributed by atoms with Crippen LogP contribution in [0.5, 0.6) is 11.5 Å². The lowest BCUT2D eigenvalue weighted by Gasteiger charge is -2.25. The van der Waals surface area contributed by atoms with E-state index < -0.39 is 0 Å². The SMILES string of the molecule is COc1ccc(C2CCCN2C(=O)c2cc(-c3ccccc3)n[nH]2)cc1OC. The van der Waals surface area contributed by atoms with Gasteiger partial charge < -0.3 is 14.4 Å². The second-order valence-electron chi connectivity index (χ2n) is 6.80. The van der Waals surface area contributed by atoms with E-state index in [0.717, 1.165) is 36.2 Å². The lowest BCUT2D eigenvalue weighted by atomic mass is 10.0. The fourth-order valence-corrected chi connectivity index (χ4v) is 3.76. The number of H-pyrrole nitrogens is 1. The highest BCUT2D eigenvalue weighted by atomic mass is 16.5. The fourth-order valence-electron chi connectivity index (χ4n) is 3.76. The summed E-state index contributed by atoms with van der Waals surface area (Å²) >= 11 is 0. The van der Waals surface area contributed by atoms with Crippen molar-refractivity contribution in [1.82, 2.24) is 15.1 Å². The molecule has 2 heterocycles. The molecule has 1 N–H and O–H groups in total. The van der Waals surface area contributed by atoms with Crippen molar-refractivity contribution in [3.8, 4) is 22.8 Å². The summed E-state index contributed by atoms with van der Waals surface area (Å²) in [6, 6.07) is 17.5. The van der Waals surface area contributed by atoms with Crippen molar-refractivity contribution in [2.45, 2.75) is 18.9 Å². The van der Waals surface area contributed by atoms with E-state index in [1.54, 1.807) is 14.2 Å². The van der Waals surface area contributed by atoms with Crippen LogP contribution in [0.4, 0.5) is 0 Å². The van der Waals surface area contributed by atoms with Gasteiger partial charge in [-0.15, -0.1) is 0 Å². The molecule has 1 aromatic heterocycles. The number of hydrogen-bond acceptors (Lipinski definition) is 4. The quantitative estimate of drug-likeness (QED) is 0.728. The average Bonchev–Trinajstić information content (AvgIpc) is 3.43. The summed E-state index contributed by atoms with van der Waals surface area (Å²) in [5.41, 5.74) is 3.30. The molecule has 6 nitrogen and oxygen atoms in total. The molecule has 1 aliphatic heterocycles. The van der Waals surface area contributed by atoms with Gasteiger partial charge >= 0.3 is 0 Å². The lowest BCUT2D eigenvalue weighted by molar-refractivity contribution is 0.0729. The van der Waals surface area contributed by atoms with Crippen molar-refractivity contribution in [2.24, 2.45) is 0 Å². The standard InChI is InChI=1S/C22H23N3O3/c1-27-20-11-10-16(13-21(20)28-2)19-9-6-12-25(19)22(26)18-14-17(23-24-18)15-7-4-3-5-8-15/h3-5,7-8,10-11,13-14,19H,6,9,12H2,1-2H3,(H,23,24). The summed E-state index contributed by atoms with van der Waals surface area (Å²) in [4.78, 5) is 15.1. The Morgan fingerprint density at radius 3 is 2.61 bits per heavy atom. The summed E-state index contributed by atoms with van der Waals surface area (Å²) in [7, 11) is 3.24. The lowest BCUT2D eigenvalue weighted by Crippen LogP contribution is -2.30. The minimum absolute atomic E-state index is 0.00998. The van der Waals surface area contributed by atoms with Crippen LogP contribution in [-0.2, 0) is 0 Å². The normalized spacial score (nSPS) is 16.2. The van der Waals surface area contributed by atoms with Crippen LogP contribution in [0.25, 0.3) is 11.3 Å². The molecule has 28 heavy (non-hydrogen) atoms. The summed E-state index contributed by atoms with van der Waals surface area (Å²) in [5, 5.41) is 7.23. The minimum atomic E-state index is -0.0352. The monoisotopic (exact) mass is 377 g/mol. The molecule has 1 unspecified atom stereocenters. The Morgan fingerprint density at radius 1 is 1.07 bits per heavy atom. The third-order valence-electron chi connectivity index (χ3n) is 5.18. The number of hydrogen-bond donors (Lipinski definition) is 1. The van der Waals surface area contributed by atoms with Crippen molar-refractivity contribution in [3.05, 3.63) is 65.9 Å². The number of benzene rings is 2. The van der Waals surface area contributed by atoms with Crippen LogP contribution in [-0.4, -0.2) is 41.8 Å². The first kappa shape index (κ1) is 18.1. The highest BCUT2D eigenvalue weighted by Gasteiger charge is 2.32. The van der Waals surface area contributed by atoms with Crippen molar-refractivity contribution in [2.75, 3.05) is 20.8 Å². The molecule has 1 fully saturated rings. The molecule has 1 aliphatic rings. The number of methoxy groups -OCH3 is 2. The van der Waals surface area contributed by atoms with Crippen molar-refractivity contribution in [3.63, 3.8) is 0 Å². The zero-order valence-corrected chi connectivity index (χ0v) is 16.0. The molecular weight excluding hydrogens is 354 g/mol. The Hall–Kier alpha value is -3.28. The van der Waals surface area contributed by atoms with E-state index in [9.17, 15) is 4.79 Å². The number of nitrogens with one attached hydrogen (secondary N) is 1. The van der Waals surface area contributed by atoms with Gasteiger partial charge in [0.1, 0.15) is 5.69 Å². The Bertz CT molecular complexity index is 968. The van der Waals surface area contributed by atoms with Gasteiger partial charge in [-0.3, -0.25) is 9.89 Å². The van der Waals surface area contributed by atoms with Gasteiger partial charge in [-0.05, 0) is 36.6 Å². The maximum absolute atomic E-state index is 13.2. The van der Waals surface area contributed by atoms with Gasteiger partial charge in [-0.2, -0.15) is 5.10 Å². The van der Waals surface area contributed by atoms with Gasteiger partial charge in [0.2, 0.25) is 0 Å². The highest BCUT2D eigenvalue weighted by Crippen LogP contribution is 2.37. The van der Waals surface area contributed by atoms with Crippen LogP contribution >= 0.6 is 0 Å². The van der Waals surface area contributed by atoms with Gasteiger partial charge in [-0.1, -0.05) is 36.4 Å². The summed E-state index contributed by atoms with van der Waals surface area (Å²) in [6.45, 7) is 0.720. The van der Waals surface area contributed by atoms with E-state index in [1.165, 1.54) is 0 Å². The van der Waals surface area contributed by atoms with E-state index in [4.69, 9.17) is 9.47 Å². The number of nitrogens with zero attached hydrogens (tertiary/aromatic N) is 2. The van der Waals surface area contributed by atoms with E-state index >= 15 is 0 Å². The molecule has 1 atom stereocenters. The number of aromatic amines is 1. The van der Waals surface area contributed by atoms with Gasteiger partial charge in [-0.25, -0.2) is 0 Å². The number of amides is 1. The number of aromatic nitrogens is 2. The van der Waals surface area contributed by atoms with Crippen molar-refractivity contribution < 1.29 is 14.3 Å². The van der Waals surface area contributed by atoms with Crippen LogP contribution in [0.2, 0.25) is 0 Å². The van der Waals surface area contributed by atoms with Crippen LogP contribution in [0, 0.1) is 0 Å². The number of ether oxygens (including phenoxy) is 2. The van der Waals surface area contributed by atoms with Crippen LogP contribution in [0.3, 0.4) is 0 Å². The second-order valence-corrected chi connectivity index (χ2v) is 6.80. The summed E-state index contributed by atoms with van der Waals surface area (Å²) in [6.07, 6.45) is 1.88. The Morgan fingerprint density at radius 2 is 1.86 bits per heavy atom. The van der Waals surface area contributed by atoms with Gasteiger partial charge in [0, 0.05) is 12.1 Å². The second kappa shape index (κ2) is 7.76. The molecule has 4 rings (SSSR count). The van der Waals surface area contributed by atoms with Crippen LogP contribution in [0.15, 0.2) is 54.6 Å². The summed E-state index contributed by atoms with van der Waals surface area (Å²) < 4.78 is 10.7. The van der Waals surface area contributed by atoms with E-state index in [2.05, 4.69) is 10.2 Å². The molecule has 1 amide bonds. The van der Waals surface area contributed by atoms with Crippen molar-refractivity contribution in [1.29, 1.82) is 0 Å². The Balaban J connectivity index is 1.58. The molecule has 0 spiro atoms. The molecule has 3 aromatic rings. The molecule has 144 valence electrons. The molecule has 2 aromatic carbocycles. The predicted octanol–water partition coefficient (Wildman–Crippen LogP) is 4.07. The Kier molecular flexibility index (Phi) is 5.02. The molecule has 0 aliphatic carbocycles. The first-order chi connectivity index (χ1) is 13.7. The van der Waals surface area contributed by atoms with Gasteiger partial charge in [0.25, 0.3) is 5.91 Å². The third-order valence-corrected chi connectivity index (χ3v) is 5.18. The molecule has 0 saturated carbocycles. The summed E-state index contributed by atoms with van der Waals surface area (Å²) in [5.74, 6) is 1.32. The van der Waals surface area contributed by atoms with E-state index in [1.807, 2.05) is 59.5 Å². The van der Waals surface area contributed by atoms with E-state index in [0.29, 0.717) is 17.2 Å². The van der Waals surface area contributed by atoms with Crippen LogP contribution in [0.1, 0.15) is 34.9 Å². The highest BCUT2D eigenvalue weighted by molar-refractivity contribution is 5.94. The largest absolute Gasteiger partial charge is 0.493 e. The maximum atomic E-state index is 13.2. The smallest absolute Gasteiger partial charge is 0.272 e. The third kappa shape index (κ3) is 3.33. The van der Waals surface area contributed by atoms with Crippen molar-refractivity contribution >= 4 is 5.91 Å².